The second-order valence-corrected chi connectivity index (χ2v) is 11.3. The number of aliphatic hydroxyl groups excluding tert-OH is 1. The van der Waals surface area contributed by atoms with Gasteiger partial charge < -0.3 is 14.6 Å². The minimum atomic E-state index is -4.59. The van der Waals surface area contributed by atoms with Crippen LogP contribution in [0.1, 0.15) is 55.7 Å². The van der Waals surface area contributed by atoms with Gasteiger partial charge in [-0.05, 0) is 80.8 Å². The largest absolute Gasteiger partial charge is 0.493 e. The standard InChI is InChI=1S/C26H32F3NO5S/c1-18-5-6-20-7-8-22(26(27,28)29)15-24(20)30(18)36(32,33)23-9-10-25(21(14-23)16-31)35-17-19-4-2-3-12-34-13-11-19/h7-10,14-15,18-19,31H,2-6,11-13,16-17H2,1H3/t18-,19?/m0/s1. The van der Waals surface area contributed by atoms with Gasteiger partial charge in [0.2, 0.25) is 0 Å². The number of fused-ring (bicyclic) bond motifs is 1. The van der Waals surface area contributed by atoms with Crippen molar-refractivity contribution in [3.05, 3.63) is 53.1 Å². The van der Waals surface area contributed by atoms with E-state index in [0.717, 1.165) is 48.7 Å². The molecular weight excluding hydrogens is 495 g/mol. The van der Waals surface area contributed by atoms with E-state index in [1.807, 2.05) is 0 Å². The Morgan fingerprint density at radius 1 is 1.08 bits per heavy atom. The highest BCUT2D eigenvalue weighted by Gasteiger charge is 2.37. The topological polar surface area (TPSA) is 76.1 Å². The Hall–Kier alpha value is -2.30. The lowest BCUT2D eigenvalue weighted by Crippen LogP contribution is -2.42. The van der Waals surface area contributed by atoms with Gasteiger partial charge in [0.25, 0.3) is 10.0 Å². The lowest BCUT2D eigenvalue weighted by Gasteiger charge is -2.36. The van der Waals surface area contributed by atoms with Crippen LogP contribution in [0.5, 0.6) is 5.75 Å². The van der Waals surface area contributed by atoms with E-state index in [4.69, 9.17) is 9.47 Å². The molecule has 1 N–H and O–H groups in total. The molecule has 2 aliphatic rings. The molecule has 0 bridgehead atoms. The van der Waals surface area contributed by atoms with Gasteiger partial charge in [0.05, 0.1) is 29.4 Å². The molecule has 10 heteroatoms. The molecule has 36 heavy (non-hydrogen) atoms. The van der Waals surface area contributed by atoms with E-state index < -0.39 is 34.4 Å². The Labute approximate surface area is 210 Å². The van der Waals surface area contributed by atoms with Crippen LogP contribution in [0.3, 0.4) is 0 Å². The lowest BCUT2D eigenvalue weighted by atomic mass is 9.97. The van der Waals surface area contributed by atoms with Crippen LogP contribution in [0.2, 0.25) is 0 Å². The molecular formula is C26H32F3NO5S. The predicted molar refractivity (Wildman–Crippen MR) is 130 cm³/mol. The average molecular weight is 528 g/mol. The van der Waals surface area contributed by atoms with Crippen LogP contribution in [0.4, 0.5) is 18.9 Å². The van der Waals surface area contributed by atoms with Gasteiger partial charge in [-0.15, -0.1) is 0 Å². The number of anilines is 1. The molecule has 4 rings (SSSR count). The summed E-state index contributed by atoms with van der Waals surface area (Å²) in [7, 11) is -4.20. The number of alkyl halides is 3. The first-order chi connectivity index (χ1) is 17.1. The van der Waals surface area contributed by atoms with Crippen molar-refractivity contribution in [1.29, 1.82) is 0 Å². The fraction of sp³-hybridized carbons (Fsp3) is 0.538. The number of halogens is 3. The molecule has 2 aromatic carbocycles. The van der Waals surface area contributed by atoms with E-state index in [0.29, 0.717) is 48.8 Å². The summed E-state index contributed by atoms with van der Waals surface area (Å²) in [6.07, 6.45) is 0.315. The summed E-state index contributed by atoms with van der Waals surface area (Å²) in [5.74, 6) is 0.694. The first-order valence-electron chi connectivity index (χ1n) is 12.3. The van der Waals surface area contributed by atoms with Gasteiger partial charge in [-0.2, -0.15) is 13.2 Å². The minimum absolute atomic E-state index is 0.0425. The highest BCUT2D eigenvalue weighted by Crippen LogP contribution is 2.40. The molecule has 0 saturated carbocycles. The molecule has 2 aromatic rings. The Balaban J connectivity index is 1.61. The molecule has 2 aliphatic heterocycles. The molecule has 1 unspecified atom stereocenters. The molecule has 1 saturated heterocycles. The first-order valence-corrected chi connectivity index (χ1v) is 13.7. The second-order valence-electron chi connectivity index (χ2n) is 9.53. The SMILES string of the molecule is C[C@H]1CCc2ccc(C(F)(F)F)cc2N1S(=O)(=O)c1ccc(OCC2CCCCOCC2)c(CO)c1. The van der Waals surface area contributed by atoms with E-state index in [1.54, 1.807) is 6.92 Å². The monoisotopic (exact) mass is 527 g/mol. The van der Waals surface area contributed by atoms with E-state index >= 15 is 0 Å². The number of rotatable bonds is 6. The van der Waals surface area contributed by atoms with E-state index in [-0.39, 0.29) is 10.6 Å². The van der Waals surface area contributed by atoms with Crippen molar-refractivity contribution in [2.24, 2.45) is 5.92 Å². The fourth-order valence-electron chi connectivity index (χ4n) is 4.84. The maximum atomic E-state index is 13.7. The highest BCUT2D eigenvalue weighted by molar-refractivity contribution is 7.92. The van der Waals surface area contributed by atoms with Crippen LogP contribution in [-0.4, -0.2) is 39.4 Å². The van der Waals surface area contributed by atoms with Crippen LogP contribution >= 0.6 is 0 Å². The van der Waals surface area contributed by atoms with Crippen molar-refractivity contribution in [1.82, 2.24) is 0 Å². The van der Waals surface area contributed by atoms with Gasteiger partial charge in [-0.25, -0.2) is 8.42 Å². The third-order valence-electron chi connectivity index (χ3n) is 6.94. The molecule has 0 aromatic heterocycles. The summed E-state index contributed by atoms with van der Waals surface area (Å²) >= 11 is 0. The van der Waals surface area contributed by atoms with Crippen LogP contribution in [0.15, 0.2) is 41.3 Å². The van der Waals surface area contributed by atoms with Crippen LogP contribution in [-0.2, 0) is 34.0 Å². The van der Waals surface area contributed by atoms with E-state index in [9.17, 15) is 26.7 Å². The lowest BCUT2D eigenvalue weighted by molar-refractivity contribution is -0.137. The Kier molecular flexibility index (Phi) is 8.16. The molecule has 2 atom stereocenters. The Morgan fingerprint density at radius 2 is 1.89 bits per heavy atom. The molecule has 2 heterocycles. The van der Waals surface area contributed by atoms with Crippen molar-refractivity contribution in [3.8, 4) is 5.75 Å². The zero-order valence-electron chi connectivity index (χ0n) is 20.3. The number of hydrogen-bond acceptors (Lipinski definition) is 5. The maximum absolute atomic E-state index is 13.7. The molecule has 198 valence electrons. The van der Waals surface area contributed by atoms with Gasteiger partial charge in [0.1, 0.15) is 5.75 Å². The smallest absolute Gasteiger partial charge is 0.416 e. The quantitative estimate of drug-likeness (QED) is 0.551. The number of sulfonamides is 1. The Bertz CT molecular complexity index is 1160. The van der Waals surface area contributed by atoms with Gasteiger partial charge >= 0.3 is 6.18 Å². The van der Waals surface area contributed by atoms with Gasteiger partial charge in [0.15, 0.2) is 0 Å². The van der Waals surface area contributed by atoms with Crippen molar-refractivity contribution in [2.45, 2.75) is 69.2 Å². The molecule has 0 amide bonds. The van der Waals surface area contributed by atoms with Gasteiger partial charge in [-0.3, -0.25) is 4.31 Å². The third-order valence-corrected chi connectivity index (χ3v) is 8.86. The van der Waals surface area contributed by atoms with Crippen molar-refractivity contribution >= 4 is 15.7 Å². The predicted octanol–water partition coefficient (Wildman–Crippen LogP) is 5.31. The summed E-state index contributed by atoms with van der Waals surface area (Å²) < 4.78 is 80.1. The summed E-state index contributed by atoms with van der Waals surface area (Å²) in [5, 5.41) is 9.94. The number of ether oxygens (including phenoxy) is 2. The molecule has 0 radical (unpaired) electrons. The van der Waals surface area contributed by atoms with Crippen LogP contribution in [0, 0.1) is 5.92 Å². The zero-order chi connectivity index (χ0) is 25.9. The van der Waals surface area contributed by atoms with Crippen molar-refractivity contribution in [2.75, 3.05) is 24.1 Å². The number of aliphatic hydroxyl groups is 1. The Morgan fingerprint density at radius 3 is 2.64 bits per heavy atom. The maximum Gasteiger partial charge on any atom is 0.416 e. The summed E-state index contributed by atoms with van der Waals surface area (Å²) in [5.41, 5.74) is 0.0122. The number of hydrogen-bond donors (Lipinski definition) is 1. The first kappa shape index (κ1) is 26.8. The summed E-state index contributed by atoms with van der Waals surface area (Å²) in [6.45, 7) is 3.12. The van der Waals surface area contributed by atoms with Gasteiger partial charge in [0, 0.05) is 24.8 Å². The number of nitrogens with zero attached hydrogens (tertiary/aromatic N) is 1. The second kappa shape index (κ2) is 11.0. The fourth-order valence-corrected chi connectivity index (χ4v) is 6.61. The third kappa shape index (κ3) is 5.81. The number of aryl methyl sites for hydroxylation is 1. The van der Waals surface area contributed by atoms with Gasteiger partial charge in [-0.1, -0.05) is 12.5 Å². The average Bonchev–Trinajstić information content (AvgIpc) is 2.82. The summed E-state index contributed by atoms with van der Waals surface area (Å²) in [4.78, 5) is -0.102. The zero-order valence-corrected chi connectivity index (χ0v) is 21.1. The molecule has 6 nitrogen and oxygen atoms in total. The van der Waals surface area contributed by atoms with Crippen molar-refractivity contribution < 1.29 is 36.2 Å². The molecule has 1 fully saturated rings. The van der Waals surface area contributed by atoms with E-state index in [2.05, 4.69) is 0 Å². The molecule has 0 spiro atoms. The highest BCUT2D eigenvalue weighted by atomic mass is 32.2. The van der Waals surface area contributed by atoms with E-state index in [1.165, 1.54) is 24.3 Å². The van der Waals surface area contributed by atoms with Crippen LogP contribution < -0.4 is 9.04 Å². The number of benzene rings is 2. The van der Waals surface area contributed by atoms with Crippen molar-refractivity contribution in [3.63, 3.8) is 0 Å². The summed E-state index contributed by atoms with van der Waals surface area (Å²) in [6, 6.07) is 6.97. The normalized spacial score (nSPS) is 21.4. The van der Waals surface area contributed by atoms with Crippen LogP contribution in [0.25, 0.3) is 0 Å². The minimum Gasteiger partial charge on any atom is -0.493 e. The molecule has 0 aliphatic carbocycles.